The summed E-state index contributed by atoms with van der Waals surface area (Å²) in [6, 6.07) is 8.08. The number of rotatable bonds is 5. The minimum absolute atomic E-state index is 0.0938. The first kappa shape index (κ1) is 13.9. The van der Waals surface area contributed by atoms with Crippen LogP contribution in [0.4, 0.5) is 5.69 Å². The van der Waals surface area contributed by atoms with Crippen LogP contribution in [-0.4, -0.2) is 43.2 Å². The van der Waals surface area contributed by atoms with Crippen LogP contribution >= 0.6 is 0 Å². The molecular formula is C15H22N2O2. The number of nitrogens with zero attached hydrogens (tertiary/aromatic N) is 1. The molecule has 1 amide bonds. The van der Waals surface area contributed by atoms with Gasteiger partial charge in [0.05, 0.1) is 12.6 Å². The Labute approximate surface area is 114 Å². The van der Waals surface area contributed by atoms with Gasteiger partial charge in [-0.2, -0.15) is 0 Å². The van der Waals surface area contributed by atoms with E-state index >= 15 is 0 Å². The molecule has 1 aliphatic rings. The highest BCUT2D eigenvalue weighted by Gasteiger charge is 2.16. The molecule has 1 heterocycles. The lowest BCUT2D eigenvalue weighted by Gasteiger charge is -2.19. The molecule has 0 saturated carbocycles. The van der Waals surface area contributed by atoms with Gasteiger partial charge in [0.1, 0.15) is 0 Å². The highest BCUT2D eigenvalue weighted by molar-refractivity contribution is 5.95. The van der Waals surface area contributed by atoms with Crippen LogP contribution in [0.1, 0.15) is 30.6 Å². The minimum Gasteiger partial charge on any atom is -0.380 e. The second-order valence-electron chi connectivity index (χ2n) is 4.76. The summed E-state index contributed by atoms with van der Waals surface area (Å²) >= 11 is 0. The van der Waals surface area contributed by atoms with E-state index in [1.165, 1.54) is 0 Å². The molecule has 4 nitrogen and oxygen atoms in total. The Kier molecular flexibility index (Phi) is 4.80. The van der Waals surface area contributed by atoms with Gasteiger partial charge in [0.25, 0.3) is 5.91 Å². The van der Waals surface area contributed by atoms with E-state index in [-0.39, 0.29) is 5.91 Å². The number of nitrogens with one attached hydrogen (secondary N) is 1. The lowest BCUT2D eigenvalue weighted by atomic mass is 10.1. The molecule has 1 atom stereocenters. The van der Waals surface area contributed by atoms with Crippen LogP contribution in [0, 0.1) is 0 Å². The molecule has 19 heavy (non-hydrogen) atoms. The Morgan fingerprint density at radius 3 is 2.84 bits per heavy atom. The van der Waals surface area contributed by atoms with Gasteiger partial charge in [-0.25, -0.2) is 0 Å². The minimum atomic E-state index is 0.0938. The Bertz CT molecular complexity index is 424. The Balaban J connectivity index is 2.07. The van der Waals surface area contributed by atoms with Gasteiger partial charge in [-0.15, -0.1) is 0 Å². The van der Waals surface area contributed by atoms with Crippen LogP contribution in [0.15, 0.2) is 24.3 Å². The summed E-state index contributed by atoms with van der Waals surface area (Å²) in [5.74, 6) is 0.0938. The fourth-order valence-corrected chi connectivity index (χ4v) is 2.32. The number of anilines is 1. The van der Waals surface area contributed by atoms with Gasteiger partial charge in [-0.05, 0) is 38.5 Å². The summed E-state index contributed by atoms with van der Waals surface area (Å²) in [5.41, 5.74) is 1.74. The van der Waals surface area contributed by atoms with Gasteiger partial charge in [-0.1, -0.05) is 6.07 Å². The quantitative estimate of drug-likeness (QED) is 0.885. The molecule has 1 N–H and O–H groups in total. The zero-order chi connectivity index (χ0) is 13.7. The van der Waals surface area contributed by atoms with Crippen LogP contribution < -0.4 is 5.32 Å². The molecule has 1 fully saturated rings. The average molecular weight is 262 g/mol. The van der Waals surface area contributed by atoms with Crippen molar-refractivity contribution in [1.29, 1.82) is 0 Å². The number of hydrogen-bond acceptors (Lipinski definition) is 3. The third kappa shape index (κ3) is 3.47. The lowest BCUT2D eigenvalue weighted by Crippen LogP contribution is -2.30. The fourth-order valence-electron chi connectivity index (χ4n) is 2.32. The van der Waals surface area contributed by atoms with Crippen molar-refractivity contribution in [3.63, 3.8) is 0 Å². The van der Waals surface area contributed by atoms with Crippen LogP contribution in [0.5, 0.6) is 0 Å². The van der Waals surface area contributed by atoms with Crippen LogP contribution in [0.2, 0.25) is 0 Å². The topological polar surface area (TPSA) is 41.6 Å². The molecule has 0 aliphatic carbocycles. The largest absolute Gasteiger partial charge is 0.380 e. The van der Waals surface area contributed by atoms with E-state index in [2.05, 4.69) is 5.32 Å². The highest BCUT2D eigenvalue weighted by atomic mass is 16.5. The molecule has 0 aromatic heterocycles. The predicted octanol–water partition coefficient (Wildman–Crippen LogP) is 2.37. The van der Waals surface area contributed by atoms with E-state index in [1.54, 1.807) is 0 Å². The number of benzene rings is 1. The smallest absolute Gasteiger partial charge is 0.253 e. The third-order valence-corrected chi connectivity index (χ3v) is 3.46. The second-order valence-corrected chi connectivity index (χ2v) is 4.76. The Hall–Kier alpha value is -1.55. The van der Waals surface area contributed by atoms with Crippen molar-refractivity contribution in [1.82, 2.24) is 4.90 Å². The van der Waals surface area contributed by atoms with Crippen LogP contribution in [-0.2, 0) is 4.74 Å². The Morgan fingerprint density at radius 2 is 2.21 bits per heavy atom. The summed E-state index contributed by atoms with van der Waals surface area (Å²) in [7, 11) is 0. The second kappa shape index (κ2) is 6.57. The van der Waals surface area contributed by atoms with E-state index in [0.29, 0.717) is 6.04 Å². The summed E-state index contributed by atoms with van der Waals surface area (Å²) in [6.07, 6.45) is 1.02. The number of amides is 1. The van der Waals surface area contributed by atoms with Crippen molar-refractivity contribution in [3.8, 4) is 0 Å². The van der Waals surface area contributed by atoms with E-state index in [1.807, 2.05) is 43.0 Å². The van der Waals surface area contributed by atoms with E-state index < -0.39 is 0 Å². The van der Waals surface area contributed by atoms with Crippen molar-refractivity contribution >= 4 is 11.6 Å². The van der Waals surface area contributed by atoms with E-state index in [4.69, 9.17) is 4.74 Å². The zero-order valence-electron chi connectivity index (χ0n) is 11.7. The van der Waals surface area contributed by atoms with Crippen LogP contribution in [0.3, 0.4) is 0 Å². The van der Waals surface area contributed by atoms with Gasteiger partial charge in [-0.3, -0.25) is 4.79 Å². The molecule has 0 spiro atoms. The molecule has 0 bridgehead atoms. The van der Waals surface area contributed by atoms with Gasteiger partial charge < -0.3 is 15.0 Å². The van der Waals surface area contributed by atoms with Gasteiger partial charge in [0, 0.05) is 30.9 Å². The summed E-state index contributed by atoms with van der Waals surface area (Å²) in [4.78, 5) is 14.1. The molecular weight excluding hydrogens is 240 g/mol. The molecule has 1 saturated heterocycles. The maximum absolute atomic E-state index is 12.3. The van der Waals surface area contributed by atoms with Crippen molar-refractivity contribution in [2.75, 3.05) is 31.6 Å². The van der Waals surface area contributed by atoms with Crippen molar-refractivity contribution in [3.05, 3.63) is 29.8 Å². The van der Waals surface area contributed by atoms with Crippen LogP contribution in [0.25, 0.3) is 0 Å². The van der Waals surface area contributed by atoms with Gasteiger partial charge >= 0.3 is 0 Å². The first-order chi connectivity index (χ1) is 9.24. The maximum Gasteiger partial charge on any atom is 0.253 e. The van der Waals surface area contributed by atoms with E-state index in [9.17, 15) is 4.79 Å². The number of carbonyl (C=O) groups is 1. The molecule has 2 rings (SSSR count). The first-order valence-electron chi connectivity index (χ1n) is 6.98. The zero-order valence-corrected chi connectivity index (χ0v) is 11.7. The van der Waals surface area contributed by atoms with E-state index in [0.717, 1.165) is 44.0 Å². The third-order valence-electron chi connectivity index (χ3n) is 3.46. The van der Waals surface area contributed by atoms with Gasteiger partial charge in [0.2, 0.25) is 0 Å². The van der Waals surface area contributed by atoms with Gasteiger partial charge in [0.15, 0.2) is 0 Å². The van der Waals surface area contributed by atoms with Crippen molar-refractivity contribution < 1.29 is 9.53 Å². The lowest BCUT2D eigenvalue weighted by molar-refractivity contribution is 0.0773. The predicted molar refractivity (Wildman–Crippen MR) is 76.5 cm³/mol. The normalized spacial score (nSPS) is 18.3. The van der Waals surface area contributed by atoms with Crippen molar-refractivity contribution in [2.45, 2.75) is 26.3 Å². The average Bonchev–Trinajstić information content (AvgIpc) is 2.93. The number of ether oxygens (including phenoxy) is 1. The number of hydrogen-bond donors (Lipinski definition) is 1. The summed E-state index contributed by atoms with van der Waals surface area (Å²) < 4.78 is 5.34. The highest BCUT2D eigenvalue weighted by Crippen LogP contribution is 2.16. The SMILES string of the molecule is CCN(CC)C(=O)c1cccc(NC2CCOC2)c1. The molecule has 1 aliphatic heterocycles. The number of carbonyl (C=O) groups excluding carboxylic acids is 1. The molecule has 1 aromatic carbocycles. The first-order valence-corrected chi connectivity index (χ1v) is 6.98. The Morgan fingerprint density at radius 1 is 1.42 bits per heavy atom. The fraction of sp³-hybridized carbons (Fsp3) is 0.533. The molecule has 1 aromatic rings. The molecule has 104 valence electrons. The molecule has 0 radical (unpaired) electrons. The summed E-state index contributed by atoms with van der Waals surface area (Å²) in [6.45, 7) is 7.04. The maximum atomic E-state index is 12.3. The molecule has 1 unspecified atom stereocenters. The standard InChI is InChI=1S/C15H22N2O2/c1-3-17(4-2)15(18)12-6-5-7-13(10-12)16-14-8-9-19-11-14/h5-7,10,14,16H,3-4,8-9,11H2,1-2H3. The van der Waals surface area contributed by atoms with Crippen molar-refractivity contribution in [2.24, 2.45) is 0 Å². The monoisotopic (exact) mass is 262 g/mol. The molecule has 4 heteroatoms. The summed E-state index contributed by atoms with van der Waals surface area (Å²) in [5, 5.41) is 3.42.